The largest absolute Gasteiger partial charge is 0.465 e. The Morgan fingerprint density at radius 2 is 1.71 bits per heavy atom. The molecule has 2 aliphatic rings. The van der Waals surface area contributed by atoms with Crippen molar-refractivity contribution < 1.29 is 23.9 Å². The Morgan fingerprint density at radius 1 is 0.978 bits per heavy atom. The van der Waals surface area contributed by atoms with Gasteiger partial charge in [-0.2, -0.15) is 0 Å². The van der Waals surface area contributed by atoms with Gasteiger partial charge in [0, 0.05) is 41.3 Å². The summed E-state index contributed by atoms with van der Waals surface area (Å²) >= 11 is 7.43. The van der Waals surface area contributed by atoms with Gasteiger partial charge < -0.3 is 18.8 Å². The zero-order valence-electron chi connectivity index (χ0n) is 24.4. The topological polar surface area (TPSA) is 103 Å². The quantitative estimate of drug-likeness (QED) is 0.177. The molecule has 9 nitrogen and oxygen atoms in total. The number of halogens is 1. The smallest absolute Gasteiger partial charge is 0.357 e. The van der Waals surface area contributed by atoms with Crippen molar-refractivity contribution in [2.75, 3.05) is 19.8 Å². The fraction of sp³-hybridized carbons (Fsp3) is 0.265. The number of esters is 2. The number of imidazole rings is 1. The number of amides is 1. The van der Waals surface area contributed by atoms with E-state index in [9.17, 15) is 14.4 Å². The van der Waals surface area contributed by atoms with Crippen LogP contribution in [0.1, 0.15) is 68.8 Å². The molecule has 5 aromatic rings. The number of likely N-dealkylation sites (tertiary alicyclic amines) is 1. The van der Waals surface area contributed by atoms with Gasteiger partial charge in [0.05, 0.1) is 19.1 Å². The van der Waals surface area contributed by atoms with Gasteiger partial charge in [-0.15, -0.1) is 11.3 Å². The summed E-state index contributed by atoms with van der Waals surface area (Å²) in [4.78, 5) is 50.2. The molecule has 7 rings (SSSR count). The molecule has 0 N–H and O–H groups in total. The number of fused-ring (bicyclic) bond motifs is 4. The molecule has 0 bridgehead atoms. The second-order valence-corrected chi connectivity index (χ2v) is 12.5. The molecule has 4 heterocycles. The van der Waals surface area contributed by atoms with Crippen molar-refractivity contribution in [3.63, 3.8) is 0 Å². The van der Waals surface area contributed by atoms with Gasteiger partial charge in [0.2, 0.25) is 0 Å². The molecule has 0 spiro atoms. The minimum atomic E-state index is -0.511. The van der Waals surface area contributed by atoms with Crippen LogP contribution < -0.4 is 0 Å². The predicted molar refractivity (Wildman–Crippen MR) is 169 cm³/mol. The highest BCUT2D eigenvalue weighted by molar-refractivity contribution is 7.09. The van der Waals surface area contributed by atoms with Gasteiger partial charge in [-0.1, -0.05) is 60.1 Å². The molecule has 1 fully saturated rings. The number of thiazole rings is 1. The molecule has 3 aromatic heterocycles. The fourth-order valence-electron chi connectivity index (χ4n) is 6.39. The first-order chi connectivity index (χ1) is 21.9. The number of hydrogen-bond donors (Lipinski definition) is 0. The number of hydrogen-bond acceptors (Lipinski definition) is 8. The van der Waals surface area contributed by atoms with Crippen LogP contribution in [0.3, 0.4) is 0 Å². The van der Waals surface area contributed by atoms with E-state index in [1.807, 2.05) is 24.3 Å². The molecular weight excluding hydrogens is 612 g/mol. The highest BCUT2D eigenvalue weighted by Gasteiger charge is 2.40. The van der Waals surface area contributed by atoms with Crippen LogP contribution in [0.25, 0.3) is 16.8 Å². The number of benzene rings is 2. The van der Waals surface area contributed by atoms with Crippen LogP contribution in [0.2, 0.25) is 5.02 Å². The van der Waals surface area contributed by atoms with E-state index < -0.39 is 12.0 Å². The number of pyridine rings is 1. The molecule has 1 amide bonds. The van der Waals surface area contributed by atoms with Gasteiger partial charge in [-0.3, -0.25) is 9.59 Å². The standard InChI is InChI=1S/C34H29ClN4O5S/c1-2-43-34(42)28-19-45-32(37-28)29-13-20(16-39(29)33(41)27-17-38-12-11-21(35)15-30(38)36-27)14-31(40)44-18-26-24-9-5-3-7-22(24)23-8-4-6-10-25(23)26/h3-12,15,17,19-20,26,29H,2,13-14,16,18H2,1H3/t20-,29+/m0/s1. The molecule has 228 valence electrons. The molecular formula is C34H29ClN4O5S. The molecule has 1 aliphatic heterocycles. The summed E-state index contributed by atoms with van der Waals surface area (Å²) in [7, 11) is 0. The molecule has 0 radical (unpaired) electrons. The number of aromatic nitrogens is 3. The Hall–Kier alpha value is -4.54. The van der Waals surface area contributed by atoms with Gasteiger partial charge in [0.15, 0.2) is 5.69 Å². The maximum atomic E-state index is 13.9. The lowest BCUT2D eigenvalue weighted by molar-refractivity contribution is -0.144. The summed E-state index contributed by atoms with van der Waals surface area (Å²) in [6, 6.07) is 19.4. The maximum absolute atomic E-state index is 13.9. The Kier molecular flexibility index (Phi) is 7.85. The zero-order valence-corrected chi connectivity index (χ0v) is 26.0. The normalized spacial score (nSPS) is 17.3. The van der Waals surface area contributed by atoms with Gasteiger partial charge in [0.1, 0.15) is 23.0 Å². The summed E-state index contributed by atoms with van der Waals surface area (Å²) in [5.74, 6) is -1.32. The van der Waals surface area contributed by atoms with Gasteiger partial charge >= 0.3 is 11.9 Å². The molecule has 2 atom stereocenters. The lowest BCUT2D eigenvalue weighted by Crippen LogP contribution is -2.31. The summed E-state index contributed by atoms with van der Waals surface area (Å²) in [5, 5.41) is 2.76. The van der Waals surface area contributed by atoms with E-state index in [0.717, 1.165) is 11.1 Å². The first-order valence-electron chi connectivity index (χ1n) is 14.8. The number of nitrogens with zero attached hydrogens (tertiary/aromatic N) is 4. The third-order valence-corrected chi connectivity index (χ3v) is 9.59. The van der Waals surface area contributed by atoms with Gasteiger partial charge in [-0.25, -0.2) is 14.8 Å². The molecule has 2 aromatic carbocycles. The Labute approximate surface area is 268 Å². The van der Waals surface area contributed by atoms with Crippen molar-refractivity contribution in [3.05, 3.63) is 111 Å². The second kappa shape index (κ2) is 12.1. The first-order valence-corrected chi connectivity index (χ1v) is 16.1. The lowest BCUT2D eigenvalue weighted by atomic mass is 9.98. The minimum Gasteiger partial charge on any atom is -0.465 e. The summed E-state index contributed by atoms with van der Waals surface area (Å²) in [5.41, 5.74) is 5.65. The Bertz CT molecular complexity index is 1890. The maximum Gasteiger partial charge on any atom is 0.357 e. The average molecular weight is 641 g/mol. The zero-order chi connectivity index (χ0) is 31.1. The Morgan fingerprint density at radius 3 is 2.44 bits per heavy atom. The van der Waals surface area contributed by atoms with Crippen LogP contribution in [0.5, 0.6) is 0 Å². The summed E-state index contributed by atoms with van der Waals surface area (Å²) in [6.45, 7) is 2.53. The number of rotatable bonds is 8. The van der Waals surface area contributed by atoms with Gasteiger partial charge in [0.25, 0.3) is 5.91 Å². The van der Waals surface area contributed by atoms with Gasteiger partial charge in [-0.05, 0) is 47.6 Å². The van der Waals surface area contributed by atoms with Crippen molar-refractivity contribution in [2.24, 2.45) is 5.92 Å². The van der Waals surface area contributed by atoms with Crippen molar-refractivity contribution >= 4 is 46.4 Å². The van der Waals surface area contributed by atoms with Crippen LogP contribution in [0.4, 0.5) is 0 Å². The molecule has 11 heteroatoms. The highest BCUT2D eigenvalue weighted by atomic mass is 35.5. The van der Waals surface area contributed by atoms with E-state index in [1.54, 1.807) is 46.1 Å². The SMILES string of the molecule is CCOC(=O)c1csc([C@H]2C[C@@H](CC(=O)OCC3c4ccccc4-c4ccccc43)CN2C(=O)c2cn3ccc(Cl)cc3n2)n1. The molecule has 0 saturated carbocycles. The average Bonchev–Trinajstić information content (AvgIpc) is 3.84. The van der Waals surface area contributed by atoms with E-state index in [-0.39, 0.29) is 54.7 Å². The van der Waals surface area contributed by atoms with Crippen molar-refractivity contribution in [3.8, 4) is 11.1 Å². The molecule has 1 saturated heterocycles. The fourth-order valence-corrected chi connectivity index (χ4v) is 7.45. The van der Waals surface area contributed by atoms with E-state index in [4.69, 9.17) is 21.1 Å². The van der Waals surface area contributed by atoms with E-state index >= 15 is 0 Å². The third-order valence-electron chi connectivity index (χ3n) is 8.41. The van der Waals surface area contributed by atoms with E-state index in [2.05, 4.69) is 34.2 Å². The van der Waals surface area contributed by atoms with E-state index in [1.165, 1.54) is 22.5 Å². The second-order valence-electron chi connectivity index (χ2n) is 11.2. The van der Waals surface area contributed by atoms with Crippen LogP contribution in [-0.2, 0) is 14.3 Å². The summed E-state index contributed by atoms with van der Waals surface area (Å²) < 4.78 is 12.7. The number of carbonyl (C=O) groups is 3. The Balaban J connectivity index is 1.09. The molecule has 45 heavy (non-hydrogen) atoms. The predicted octanol–water partition coefficient (Wildman–Crippen LogP) is 6.57. The van der Waals surface area contributed by atoms with Crippen LogP contribution in [0.15, 0.2) is 78.4 Å². The number of ether oxygens (including phenoxy) is 2. The van der Waals surface area contributed by atoms with Crippen molar-refractivity contribution in [2.45, 2.75) is 31.7 Å². The van der Waals surface area contributed by atoms with Crippen LogP contribution >= 0.6 is 22.9 Å². The van der Waals surface area contributed by atoms with Crippen molar-refractivity contribution in [1.29, 1.82) is 0 Å². The van der Waals surface area contributed by atoms with Crippen LogP contribution in [-0.4, -0.2) is 56.9 Å². The first kappa shape index (κ1) is 29.2. The lowest BCUT2D eigenvalue weighted by Gasteiger charge is -2.22. The number of carbonyl (C=O) groups excluding carboxylic acids is 3. The monoisotopic (exact) mass is 640 g/mol. The summed E-state index contributed by atoms with van der Waals surface area (Å²) in [6.07, 6.45) is 4.04. The van der Waals surface area contributed by atoms with Crippen molar-refractivity contribution in [1.82, 2.24) is 19.3 Å². The van der Waals surface area contributed by atoms with Crippen LogP contribution in [0, 0.1) is 5.92 Å². The molecule has 0 unspecified atom stereocenters. The van der Waals surface area contributed by atoms with E-state index in [0.29, 0.717) is 28.6 Å². The molecule has 1 aliphatic carbocycles. The third kappa shape index (κ3) is 5.60. The minimum absolute atomic E-state index is 0.0316. The highest BCUT2D eigenvalue weighted by Crippen LogP contribution is 2.45.